The van der Waals surface area contributed by atoms with Gasteiger partial charge in [0.15, 0.2) is 0 Å². The van der Waals surface area contributed by atoms with Crippen LogP contribution in [0.4, 0.5) is 0 Å². The summed E-state index contributed by atoms with van der Waals surface area (Å²) < 4.78 is 0. The molecule has 1 aliphatic carbocycles. The van der Waals surface area contributed by atoms with E-state index in [2.05, 4.69) is 13.8 Å². The molecule has 2 rings (SSSR count). The second-order valence-electron chi connectivity index (χ2n) is 6.93. The number of hydrogen-bond donors (Lipinski definition) is 1. The van der Waals surface area contributed by atoms with Crippen molar-refractivity contribution in [3.05, 3.63) is 0 Å². The number of carbonyl (C=O) groups is 2. The Balaban J connectivity index is 1.91. The van der Waals surface area contributed by atoms with Crippen LogP contribution in [-0.2, 0) is 9.59 Å². The number of likely N-dealkylation sites (tertiary alicyclic amines) is 1. The molecule has 0 aromatic rings. The van der Waals surface area contributed by atoms with Gasteiger partial charge in [-0.25, -0.2) is 0 Å². The van der Waals surface area contributed by atoms with Crippen LogP contribution >= 0.6 is 0 Å². The molecule has 1 saturated carbocycles. The highest BCUT2D eigenvalue weighted by Crippen LogP contribution is 2.42. The largest absolute Gasteiger partial charge is 0.481 e. The molecule has 0 unspecified atom stereocenters. The molecule has 1 amide bonds. The summed E-state index contributed by atoms with van der Waals surface area (Å²) in [7, 11) is 0. The van der Waals surface area contributed by atoms with Crippen LogP contribution in [0.1, 0.15) is 58.8 Å². The number of aliphatic carboxylic acids is 1. The first-order valence-corrected chi connectivity index (χ1v) is 7.96. The van der Waals surface area contributed by atoms with Gasteiger partial charge in [0.25, 0.3) is 0 Å². The minimum atomic E-state index is -0.777. The van der Waals surface area contributed by atoms with Crippen molar-refractivity contribution in [1.29, 1.82) is 0 Å². The predicted molar refractivity (Wildman–Crippen MR) is 77.3 cm³/mol. The summed E-state index contributed by atoms with van der Waals surface area (Å²) in [6.07, 6.45) is 5.53. The second kappa shape index (κ2) is 6.15. The van der Waals surface area contributed by atoms with E-state index in [1.54, 1.807) is 0 Å². The summed E-state index contributed by atoms with van der Waals surface area (Å²) in [5.74, 6) is 0.656. The Bertz CT molecular complexity index is 364. The van der Waals surface area contributed by atoms with E-state index in [-0.39, 0.29) is 12.3 Å². The van der Waals surface area contributed by atoms with E-state index in [4.69, 9.17) is 0 Å². The summed E-state index contributed by atoms with van der Waals surface area (Å²) in [5.41, 5.74) is -0.772. The van der Waals surface area contributed by atoms with Gasteiger partial charge in [-0.15, -0.1) is 0 Å². The van der Waals surface area contributed by atoms with Crippen LogP contribution in [0.2, 0.25) is 0 Å². The first-order chi connectivity index (χ1) is 9.44. The summed E-state index contributed by atoms with van der Waals surface area (Å²) in [4.78, 5) is 25.8. The Morgan fingerprint density at radius 1 is 1.20 bits per heavy atom. The van der Waals surface area contributed by atoms with Crippen molar-refractivity contribution < 1.29 is 14.7 Å². The van der Waals surface area contributed by atoms with Crippen molar-refractivity contribution in [3.63, 3.8) is 0 Å². The summed E-state index contributed by atoms with van der Waals surface area (Å²) in [5, 5.41) is 9.46. The lowest BCUT2D eigenvalue weighted by atomic mass is 9.81. The highest BCUT2D eigenvalue weighted by Gasteiger charge is 2.44. The average molecular weight is 281 g/mol. The van der Waals surface area contributed by atoms with E-state index in [9.17, 15) is 14.7 Å². The van der Waals surface area contributed by atoms with Gasteiger partial charge in [0, 0.05) is 19.5 Å². The molecule has 1 N–H and O–H groups in total. The quantitative estimate of drug-likeness (QED) is 0.862. The molecule has 0 atom stereocenters. The summed E-state index contributed by atoms with van der Waals surface area (Å²) >= 11 is 0. The molecular formula is C16H27NO3. The van der Waals surface area contributed by atoms with Crippen LogP contribution in [0.15, 0.2) is 0 Å². The van der Waals surface area contributed by atoms with Crippen LogP contribution in [0.5, 0.6) is 0 Å². The lowest BCUT2D eigenvalue weighted by Gasteiger charge is -2.35. The van der Waals surface area contributed by atoms with E-state index in [0.29, 0.717) is 24.7 Å². The third kappa shape index (κ3) is 3.15. The third-order valence-corrected chi connectivity index (χ3v) is 5.34. The highest BCUT2D eigenvalue weighted by atomic mass is 16.4. The minimum Gasteiger partial charge on any atom is -0.481 e. The molecule has 2 fully saturated rings. The van der Waals surface area contributed by atoms with Gasteiger partial charge in [0.2, 0.25) is 5.91 Å². The maximum atomic E-state index is 12.4. The zero-order chi connectivity index (χ0) is 14.8. The van der Waals surface area contributed by atoms with Crippen LogP contribution in [0.3, 0.4) is 0 Å². The zero-order valence-corrected chi connectivity index (χ0v) is 12.7. The molecule has 0 radical (unpaired) electrons. The fraction of sp³-hybridized carbons (Fsp3) is 0.875. The fourth-order valence-electron chi connectivity index (χ4n) is 3.73. The first-order valence-electron chi connectivity index (χ1n) is 7.96. The number of rotatable bonds is 4. The number of carboxylic acids is 1. The normalized spacial score (nSPS) is 23.2. The van der Waals surface area contributed by atoms with Crippen molar-refractivity contribution in [2.75, 3.05) is 13.1 Å². The van der Waals surface area contributed by atoms with E-state index in [1.807, 2.05) is 4.90 Å². The van der Waals surface area contributed by atoms with E-state index >= 15 is 0 Å². The topological polar surface area (TPSA) is 57.6 Å². The van der Waals surface area contributed by atoms with Crippen molar-refractivity contribution in [3.8, 4) is 0 Å². The van der Waals surface area contributed by atoms with Gasteiger partial charge in [0.1, 0.15) is 0 Å². The molecule has 1 saturated heterocycles. The number of amides is 1. The molecule has 0 aromatic carbocycles. The summed E-state index contributed by atoms with van der Waals surface area (Å²) in [6, 6.07) is 0. The number of carbonyl (C=O) groups excluding carboxylic acids is 1. The van der Waals surface area contributed by atoms with E-state index in [1.165, 1.54) is 0 Å². The Morgan fingerprint density at radius 3 is 2.20 bits per heavy atom. The van der Waals surface area contributed by atoms with Gasteiger partial charge in [-0.1, -0.05) is 26.7 Å². The van der Waals surface area contributed by atoms with Gasteiger partial charge in [-0.3, -0.25) is 9.59 Å². The van der Waals surface area contributed by atoms with Gasteiger partial charge in [0.05, 0.1) is 5.41 Å². The van der Waals surface area contributed by atoms with E-state index < -0.39 is 11.4 Å². The summed E-state index contributed by atoms with van der Waals surface area (Å²) in [6.45, 7) is 6.08. The van der Waals surface area contributed by atoms with Gasteiger partial charge in [-0.2, -0.15) is 0 Å². The van der Waals surface area contributed by atoms with Gasteiger partial charge >= 0.3 is 5.97 Å². The van der Waals surface area contributed by atoms with Crippen LogP contribution in [0.25, 0.3) is 0 Å². The molecule has 0 aromatic heterocycles. The number of nitrogens with zero attached hydrogens (tertiary/aromatic N) is 1. The molecule has 4 heteroatoms. The van der Waals surface area contributed by atoms with Crippen LogP contribution < -0.4 is 0 Å². The molecule has 20 heavy (non-hydrogen) atoms. The monoisotopic (exact) mass is 281 g/mol. The molecular weight excluding hydrogens is 254 g/mol. The Hall–Kier alpha value is -1.06. The minimum absolute atomic E-state index is 0.0523. The average Bonchev–Trinajstić information content (AvgIpc) is 2.88. The molecule has 2 aliphatic rings. The first kappa shape index (κ1) is 15.3. The van der Waals surface area contributed by atoms with Crippen LogP contribution in [-0.4, -0.2) is 35.0 Å². The number of piperidine rings is 1. The second-order valence-corrected chi connectivity index (χ2v) is 6.93. The lowest BCUT2D eigenvalue weighted by molar-refractivity contribution is -0.153. The third-order valence-electron chi connectivity index (χ3n) is 5.34. The molecule has 0 bridgehead atoms. The van der Waals surface area contributed by atoms with Crippen molar-refractivity contribution >= 4 is 11.9 Å². The maximum Gasteiger partial charge on any atom is 0.310 e. The standard InChI is InChI=1S/C16H27NO3/c1-12(2)13-5-9-17(10-6-13)14(18)11-16(15(19)20)7-3-4-8-16/h12-13H,3-11H2,1-2H3,(H,19,20). The van der Waals surface area contributed by atoms with Gasteiger partial charge < -0.3 is 10.0 Å². The Kier molecular flexibility index (Phi) is 4.71. The molecule has 114 valence electrons. The fourth-order valence-corrected chi connectivity index (χ4v) is 3.73. The maximum absolute atomic E-state index is 12.4. The predicted octanol–water partition coefficient (Wildman–Crippen LogP) is 2.92. The van der Waals surface area contributed by atoms with Crippen molar-refractivity contribution in [1.82, 2.24) is 4.90 Å². The Morgan fingerprint density at radius 2 is 1.75 bits per heavy atom. The number of hydrogen-bond acceptors (Lipinski definition) is 2. The smallest absolute Gasteiger partial charge is 0.310 e. The molecule has 1 heterocycles. The van der Waals surface area contributed by atoms with Crippen LogP contribution in [0, 0.1) is 17.3 Å². The van der Waals surface area contributed by atoms with Crippen molar-refractivity contribution in [2.45, 2.75) is 58.8 Å². The van der Waals surface area contributed by atoms with Gasteiger partial charge in [-0.05, 0) is 37.5 Å². The van der Waals surface area contributed by atoms with E-state index in [0.717, 1.165) is 38.8 Å². The lowest BCUT2D eigenvalue weighted by Crippen LogP contribution is -2.43. The SMILES string of the molecule is CC(C)C1CCN(C(=O)CC2(C(=O)O)CCCC2)CC1. The Labute approximate surface area is 121 Å². The van der Waals surface area contributed by atoms with Crippen molar-refractivity contribution in [2.24, 2.45) is 17.3 Å². The highest BCUT2D eigenvalue weighted by molar-refractivity contribution is 5.85. The molecule has 1 aliphatic heterocycles. The molecule has 0 spiro atoms. The number of carboxylic acid groups (broad SMARTS) is 1. The molecule has 4 nitrogen and oxygen atoms in total. The zero-order valence-electron chi connectivity index (χ0n) is 12.7.